The second kappa shape index (κ2) is 7.57. The normalized spacial score (nSPS) is 10.8. The lowest BCUT2D eigenvalue weighted by Gasteiger charge is -2.01. The van der Waals surface area contributed by atoms with Crippen LogP contribution in [0.1, 0.15) is 33.9 Å². The lowest BCUT2D eigenvalue weighted by Crippen LogP contribution is -2.12. The highest BCUT2D eigenvalue weighted by Crippen LogP contribution is 2.22. The molecule has 0 unspecified atom stereocenters. The number of carbonyl (C=O) groups excluding carboxylic acids is 1. The van der Waals surface area contributed by atoms with E-state index in [1.54, 1.807) is 12.3 Å². The molecule has 3 aromatic rings. The van der Waals surface area contributed by atoms with Gasteiger partial charge in [-0.15, -0.1) is 11.3 Å². The standard InChI is InChI=1S/C18H18FN3O2S/c1-11-16(12(2)24-22-11)6-7-17(23)21-18-20-10-15(25-18)9-13-4-3-5-14(19)8-13/h3-5,8,10H,6-7,9H2,1-2H3,(H,20,21,23). The minimum Gasteiger partial charge on any atom is -0.361 e. The topological polar surface area (TPSA) is 68.0 Å². The number of hydrogen-bond acceptors (Lipinski definition) is 5. The van der Waals surface area contributed by atoms with Crippen LogP contribution >= 0.6 is 11.3 Å². The Bertz CT molecular complexity index is 869. The molecule has 0 atom stereocenters. The van der Waals surface area contributed by atoms with Crippen molar-refractivity contribution in [2.24, 2.45) is 0 Å². The van der Waals surface area contributed by atoms with Crippen LogP contribution in [0.3, 0.4) is 0 Å². The second-order valence-corrected chi connectivity index (χ2v) is 6.90. The van der Waals surface area contributed by atoms with Crippen LogP contribution in [-0.4, -0.2) is 16.0 Å². The summed E-state index contributed by atoms with van der Waals surface area (Å²) in [4.78, 5) is 17.3. The molecule has 2 aromatic heterocycles. The van der Waals surface area contributed by atoms with Crippen molar-refractivity contribution in [1.29, 1.82) is 0 Å². The van der Waals surface area contributed by atoms with Crippen molar-refractivity contribution in [2.75, 3.05) is 5.32 Å². The average Bonchev–Trinajstić information content (AvgIpc) is 3.12. The predicted molar refractivity (Wildman–Crippen MR) is 94.2 cm³/mol. The van der Waals surface area contributed by atoms with Crippen molar-refractivity contribution >= 4 is 22.4 Å². The van der Waals surface area contributed by atoms with Gasteiger partial charge in [0.15, 0.2) is 5.13 Å². The van der Waals surface area contributed by atoms with Crippen molar-refractivity contribution in [2.45, 2.75) is 33.1 Å². The number of benzene rings is 1. The lowest BCUT2D eigenvalue weighted by atomic mass is 10.1. The third-order valence-corrected chi connectivity index (χ3v) is 4.76. The zero-order valence-electron chi connectivity index (χ0n) is 14.0. The predicted octanol–water partition coefficient (Wildman–Crippen LogP) is 4.05. The molecule has 5 nitrogen and oxygen atoms in total. The zero-order valence-corrected chi connectivity index (χ0v) is 14.8. The molecule has 0 aliphatic heterocycles. The van der Waals surface area contributed by atoms with Gasteiger partial charge in [0.05, 0.1) is 5.69 Å². The maximum absolute atomic E-state index is 13.2. The van der Waals surface area contributed by atoms with Gasteiger partial charge >= 0.3 is 0 Å². The Morgan fingerprint density at radius 1 is 1.36 bits per heavy atom. The van der Waals surface area contributed by atoms with E-state index < -0.39 is 0 Å². The molecule has 1 aromatic carbocycles. The molecule has 1 N–H and O–H groups in total. The minimum atomic E-state index is -0.255. The number of carbonyl (C=O) groups is 1. The number of amides is 1. The van der Waals surface area contributed by atoms with Crippen molar-refractivity contribution in [3.63, 3.8) is 0 Å². The Labute approximate surface area is 148 Å². The molecule has 0 fully saturated rings. The minimum absolute atomic E-state index is 0.105. The van der Waals surface area contributed by atoms with Crippen molar-refractivity contribution in [1.82, 2.24) is 10.1 Å². The number of aryl methyl sites for hydroxylation is 2. The summed E-state index contributed by atoms with van der Waals surface area (Å²) in [5.41, 5.74) is 2.66. The van der Waals surface area contributed by atoms with E-state index in [2.05, 4.69) is 15.5 Å². The van der Waals surface area contributed by atoms with E-state index >= 15 is 0 Å². The van der Waals surface area contributed by atoms with Gasteiger partial charge in [0.25, 0.3) is 0 Å². The van der Waals surface area contributed by atoms with Crippen LogP contribution in [0.25, 0.3) is 0 Å². The van der Waals surface area contributed by atoms with E-state index in [9.17, 15) is 9.18 Å². The van der Waals surface area contributed by atoms with E-state index in [4.69, 9.17) is 4.52 Å². The quantitative estimate of drug-likeness (QED) is 0.721. The van der Waals surface area contributed by atoms with E-state index in [1.807, 2.05) is 19.9 Å². The van der Waals surface area contributed by atoms with Gasteiger partial charge in [-0.2, -0.15) is 0 Å². The highest BCUT2D eigenvalue weighted by molar-refractivity contribution is 7.15. The highest BCUT2D eigenvalue weighted by atomic mass is 32.1. The molecule has 0 radical (unpaired) electrons. The Morgan fingerprint density at radius 2 is 2.20 bits per heavy atom. The zero-order chi connectivity index (χ0) is 17.8. The summed E-state index contributed by atoms with van der Waals surface area (Å²) in [7, 11) is 0. The largest absolute Gasteiger partial charge is 0.361 e. The summed E-state index contributed by atoms with van der Waals surface area (Å²) >= 11 is 1.40. The van der Waals surface area contributed by atoms with E-state index in [0.29, 0.717) is 24.4 Å². The van der Waals surface area contributed by atoms with Gasteiger partial charge in [-0.05, 0) is 38.0 Å². The Balaban J connectivity index is 1.55. The van der Waals surface area contributed by atoms with Gasteiger partial charge in [-0.25, -0.2) is 9.37 Å². The van der Waals surface area contributed by atoms with Gasteiger partial charge in [-0.3, -0.25) is 4.79 Å². The summed E-state index contributed by atoms with van der Waals surface area (Å²) in [5, 5.41) is 7.24. The first-order valence-corrected chi connectivity index (χ1v) is 8.73. The number of rotatable bonds is 6. The Kier molecular flexibility index (Phi) is 5.23. The molecule has 0 spiro atoms. The van der Waals surface area contributed by atoms with Gasteiger partial charge in [0, 0.05) is 29.5 Å². The highest BCUT2D eigenvalue weighted by Gasteiger charge is 2.12. The van der Waals surface area contributed by atoms with Gasteiger partial charge in [0.1, 0.15) is 11.6 Å². The molecule has 0 aliphatic carbocycles. The number of halogens is 1. The van der Waals surface area contributed by atoms with Crippen LogP contribution in [0.15, 0.2) is 35.0 Å². The molecular weight excluding hydrogens is 341 g/mol. The van der Waals surface area contributed by atoms with Crippen LogP contribution in [0.4, 0.5) is 9.52 Å². The number of anilines is 1. The molecule has 1 amide bonds. The lowest BCUT2D eigenvalue weighted by molar-refractivity contribution is -0.116. The summed E-state index contributed by atoms with van der Waals surface area (Å²) < 4.78 is 18.3. The number of hydrogen-bond donors (Lipinski definition) is 1. The van der Waals surface area contributed by atoms with E-state index in [0.717, 1.165) is 27.5 Å². The molecule has 0 aliphatic rings. The van der Waals surface area contributed by atoms with Gasteiger partial charge in [0.2, 0.25) is 5.91 Å². The maximum atomic E-state index is 13.2. The third kappa shape index (κ3) is 4.51. The summed E-state index contributed by atoms with van der Waals surface area (Å²) in [6.07, 6.45) is 3.21. The molecule has 0 bridgehead atoms. The van der Waals surface area contributed by atoms with Crippen molar-refractivity contribution in [3.8, 4) is 0 Å². The van der Waals surface area contributed by atoms with Crippen LogP contribution in [0, 0.1) is 19.7 Å². The molecule has 3 rings (SSSR count). The molecule has 25 heavy (non-hydrogen) atoms. The molecule has 130 valence electrons. The third-order valence-electron chi connectivity index (χ3n) is 3.85. The van der Waals surface area contributed by atoms with Crippen LogP contribution in [0.2, 0.25) is 0 Å². The van der Waals surface area contributed by atoms with Crippen LogP contribution in [-0.2, 0) is 17.6 Å². The monoisotopic (exact) mass is 359 g/mol. The summed E-state index contributed by atoms with van der Waals surface area (Å²) in [6.45, 7) is 3.70. The van der Waals surface area contributed by atoms with Gasteiger partial charge < -0.3 is 9.84 Å². The van der Waals surface area contributed by atoms with Crippen LogP contribution in [0.5, 0.6) is 0 Å². The maximum Gasteiger partial charge on any atom is 0.226 e. The summed E-state index contributed by atoms with van der Waals surface area (Å²) in [6, 6.07) is 6.47. The molecule has 2 heterocycles. The van der Waals surface area contributed by atoms with Crippen LogP contribution < -0.4 is 5.32 Å². The fraction of sp³-hybridized carbons (Fsp3) is 0.278. The fourth-order valence-electron chi connectivity index (χ4n) is 2.57. The Morgan fingerprint density at radius 3 is 2.92 bits per heavy atom. The first kappa shape index (κ1) is 17.3. The molecule has 7 heteroatoms. The fourth-order valence-corrected chi connectivity index (χ4v) is 3.44. The van der Waals surface area contributed by atoms with Gasteiger partial charge in [-0.1, -0.05) is 17.3 Å². The number of nitrogens with one attached hydrogen (secondary N) is 1. The second-order valence-electron chi connectivity index (χ2n) is 5.79. The van der Waals surface area contributed by atoms with Crippen molar-refractivity contribution < 1.29 is 13.7 Å². The molecule has 0 saturated carbocycles. The molecule has 0 saturated heterocycles. The first-order valence-electron chi connectivity index (χ1n) is 7.92. The summed E-state index contributed by atoms with van der Waals surface area (Å²) in [5.74, 6) is 0.387. The Hall–Kier alpha value is -2.54. The van der Waals surface area contributed by atoms with E-state index in [1.165, 1.54) is 23.5 Å². The van der Waals surface area contributed by atoms with E-state index in [-0.39, 0.29) is 11.7 Å². The first-order chi connectivity index (χ1) is 12.0. The number of thiazole rings is 1. The number of nitrogens with zero attached hydrogens (tertiary/aromatic N) is 2. The molecular formula is C18H18FN3O2S. The smallest absolute Gasteiger partial charge is 0.226 e. The SMILES string of the molecule is Cc1noc(C)c1CCC(=O)Nc1ncc(Cc2cccc(F)c2)s1. The number of aromatic nitrogens is 2. The average molecular weight is 359 g/mol. The van der Waals surface area contributed by atoms with Crippen molar-refractivity contribution in [3.05, 3.63) is 63.7 Å².